The fourth-order valence-electron chi connectivity index (χ4n) is 1.99. The van der Waals surface area contributed by atoms with Gasteiger partial charge in [-0.2, -0.15) is 0 Å². The molecule has 0 aliphatic rings. The SMILES string of the molecule is Cc1cc(N)c(C(=O)OC(C)C)cc1Oc1cc(F)cc(F)c1. The van der Waals surface area contributed by atoms with Crippen LogP contribution in [0.4, 0.5) is 14.5 Å². The fourth-order valence-corrected chi connectivity index (χ4v) is 1.99. The van der Waals surface area contributed by atoms with Crippen molar-refractivity contribution in [3.63, 3.8) is 0 Å². The number of esters is 1. The molecule has 122 valence electrons. The van der Waals surface area contributed by atoms with Gasteiger partial charge in [0, 0.05) is 23.9 Å². The van der Waals surface area contributed by atoms with Crippen molar-refractivity contribution >= 4 is 11.7 Å². The minimum atomic E-state index is -0.757. The summed E-state index contributed by atoms with van der Waals surface area (Å²) in [5.41, 5.74) is 6.83. The summed E-state index contributed by atoms with van der Waals surface area (Å²) < 4.78 is 37.0. The predicted molar refractivity (Wildman–Crippen MR) is 82.6 cm³/mol. The van der Waals surface area contributed by atoms with Crippen molar-refractivity contribution in [1.29, 1.82) is 0 Å². The van der Waals surface area contributed by atoms with Gasteiger partial charge in [0.1, 0.15) is 23.1 Å². The molecule has 0 heterocycles. The van der Waals surface area contributed by atoms with Gasteiger partial charge < -0.3 is 15.2 Å². The molecule has 0 saturated heterocycles. The molecular weight excluding hydrogens is 304 g/mol. The molecule has 0 atom stereocenters. The highest BCUT2D eigenvalue weighted by Gasteiger charge is 2.16. The number of rotatable bonds is 4. The number of nitrogen functional groups attached to an aromatic ring is 1. The molecule has 2 rings (SSSR count). The predicted octanol–water partition coefficient (Wildman–Crippen LogP) is 4.21. The third-order valence-electron chi connectivity index (χ3n) is 2.97. The minimum Gasteiger partial charge on any atom is -0.459 e. The largest absolute Gasteiger partial charge is 0.459 e. The first-order valence-electron chi connectivity index (χ1n) is 7.01. The number of benzene rings is 2. The van der Waals surface area contributed by atoms with Gasteiger partial charge >= 0.3 is 5.97 Å². The van der Waals surface area contributed by atoms with E-state index in [2.05, 4.69) is 0 Å². The zero-order valence-electron chi connectivity index (χ0n) is 13.0. The molecule has 0 radical (unpaired) electrons. The maximum Gasteiger partial charge on any atom is 0.340 e. The molecular formula is C17H17F2NO3. The molecule has 2 N–H and O–H groups in total. The zero-order valence-corrected chi connectivity index (χ0v) is 13.0. The van der Waals surface area contributed by atoms with Crippen LogP contribution in [0.2, 0.25) is 0 Å². The summed E-state index contributed by atoms with van der Waals surface area (Å²) in [6.07, 6.45) is -0.301. The highest BCUT2D eigenvalue weighted by atomic mass is 19.1. The Labute approximate surface area is 132 Å². The van der Waals surface area contributed by atoms with Gasteiger partial charge in [-0.3, -0.25) is 0 Å². The number of ether oxygens (including phenoxy) is 2. The highest BCUT2D eigenvalue weighted by Crippen LogP contribution is 2.30. The number of halogens is 2. The van der Waals surface area contributed by atoms with Gasteiger partial charge in [-0.25, -0.2) is 13.6 Å². The molecule has 0 fully saturated rings. The minimum absolute atomic E-state index is 0.0152. The maximum atomic E-state index is 13.2. The van der Waals surface area contributed by atoms with Crippen LogP contribution in [0, 0.1) is 18.6 Å². The van der Waals surface area contributed by atoms with E-state index in [0.29, 0.717) is 5.56 Å². The van der Waals surface area contributed by atoms with Gasteiger partial charge in [-0.15, -0.1) is 0 Å². The van der Waals surface area contributed by atoms with E-state index in [-0.39, 0.29) is 28.9 Å². The third kappa shape index (κ3) is 4.18. The Morgan fingerprint density at radius 1 is 1.09 bits per heavy atom. The topological polar surface area (TPSA) is 61.6 Å². The third-order valence-corrected chi connectivity index (χ3v) is 2.97. The summed E-state index contributed by atoms with van der Waals surface area (Å²) in [5, 5.41) is 0. The smallest absolute Gasteiger partial charge is 0.340 e. The fraction of sp³-hybridized carbons (Fsp3) is 0.235. The van der Waals surface area contributed by atoms with Crippen molar-refractivity contribution in [2.24, 2.45) is 0 Å². The Hall–Kier alpha value is -2.63. The van der Waals surface area contributed by atoms with Crippen LogP contribution in [0.1, 0.15) is 29.8 Å². The summed E-state index contributed by atoms with van der Waals surface area (Å²) in [6.45, 7) is 5.14. The van der Waals surface area contributed by atoms with Gasteiger partial charge in [0.2, 0.25) is 0 Å². The van der Waals surface area contributed by atoms with E-state index in [9.17, 15) is 13.6 Å². The summed E-state index contributed by atoms with van der Waals surface area (Å²) in [5.74, 6) is -1.86. The Morgan fingerprint density at radius 3 is 2.26 bits per heavy atom. The molecule has 0 spiro atoms. The van der Waals surface area contributed by atoms with Crippen LogP contribution in [0.25, 0.3) is 0 Å². The molecule has 23 heavy (non-hydrogen) atoms. The maximum absolute atomic E-state index is 13.2. The molecule has 0 aromatic heterocycles. The van der Waals surface area contributed by atoms with E-state index in [1.807, 2.05) is 0 Å². The van der Waals surface area contributed by atoms with E-state index >= 15 is 0 Å². The lowest BCUT2D eigenvalue weighted by Gasteiger charge is -2.14. The van der Waals surface area contributed by atoms with Gasteiger partial charge in [-0.05, 0) is 38.5 Å². The van der Waals surface area contributed by atoms with Crippen LogP contribution < -0.4 is 10.5 Å². The Morgan fingerprint density at radius 2 is 1.70 bits per heavy atom. The van der Waals surface area contributed by atoms with Crippen LogP contribution in [0.5, 0.6) is 11.5 Å². The lowest BCUT2D eigenvalue weighted by molar-refractivity contribution is 0.0379. The van der Waals surface area contributed by atoms with E-state index in [4.69, 9.17) is 15.2 Å². The average Bonchev–Trinajstić information content (AvgIpc) is 2.39. The van der Waals surface area contributed by atoms with Crippen LogP contribution in [-0.4, -0.2) is 12.1 Å². The number of carbonyl (C=O) groups excluding carboxylic acids is 1. The Balaban J connectivity index is 2.37. The number of hydrogen-bond donors (Lipinski definition) is 1. The number of aryl methyl sites for hydroxylation is 1. The first-order valence-corrected chi connectivity index (χ1v) is 7.01. The normalized spacial score (nSPS) is 10.7. The first-order chi connectivity index (χ1) is 10.8. The second-order valence-corrected chi connectivity index (χ2v) is 5.37. The van der Waals surface area contributed by atoms with Gasteiger partial charge in [0.15, 0.2) is 0 Å². The molecule has 0 saturated carbocycles. The monoisotopic (exact) mass is 321 g/mol. The van der Waals surface area contributed by atoms with E-state index in [1.54, 1.807) is 26.8 Å². The lowest BCUT2D eigenvalue weighted by Crippen LogP contribution is -2.13. The summed E-state index contributed by atoms with van der Waals surface area (Å²) in [6, 6.07) is 5.78. The summed E-state index contributed by atoms with van der Waals surface area (Å²) in [4.78, 5) is 12.0. The Bertz CT molecular complexity index is 725. The van der Waals surface area contributed by atoms with Crippen LogP contribution in [0.15, 0.2) is 30.3 Å². The average molecular weight is 321 g/mol. The van der Waals surface area contributed by atoms with Crippen molar-refractivity contribution in [3.05, 3.63) is 53.1 Å². The van der Waals surface area contributed by atoms with Crippen LogP contribution >= 0.6 is 0 Å². The van der Waals surface area contributed by atoms with E-state index in [1.165, 1.54) is 6.07 Å². The van der Waals surface area contributed by atoms with Crippen molar-refractivity contribution in [2.45, 2.75) is 26.9 Å². The molecule has 2 aromatic rings. The summed E-state index contributed by atoms with van der Waals surface area (Å²) >= 11 is 0. The van der Waals surface area contributed by atoms with Crippen molar-refractivity contribution in [1.82, 2.24) is 0 Å². The van der Waals surface area contributed by atoms with Gasteiger partial charge in [0.05, 0.1) is 11.7 Å². The first kappa shape index (κ1) is 16.7. The van der Waals surface area contributed by atoms with E-state index < -0.39 is 17.6 Å². The summed E-state index contributed by atoms with van der Waals surface area (Å²) in [7, 11) is 0. The molecule has 2 aromatic carbocycles. The van der Waals surface area contributed by atoms with Gasteiger partial charge in [0.25, 0.3) is 0 Å². The molecule has 0 aliphatic heterocycles. The molecule has 6 heteroatoms. The van der Waals surface area contributed by atoms with Crippen molar-refractivity contribution in [3.8, 4) is 11.5 Å². The molecule has 0 bridgehead atoms. The second kappa shape index (κ2) is 6.64. The molecule has 4 nitrogen and oxygen atoms in total. The number of anilines is 1. The quantitative estimate of drug-likeness (QED) is 0.677. The van der Waals surface area contributed by atoms with Crippen LogP contribution in [-0.2, 0) is 4.74 Å². The van der Waals surface area contributed by atoms with Crippen molar-refractivity contribution in [2.75, 3.05) is 5.73 Å². The van der Waals surface area contributed by atoms with Crippen LogP contribution in [0.3, 0.4) is 0 Å². The highest BCUT2D eigenvalue weighted by molar-refractivity contribution is 5.96. The lowest BCUT2D eigenvalue weighted by atomic mass is 10.1. The number of hydrogen-bond acceptors (Lipinski definition) is 4. The van der Waals surface area contributed by atoms with Crippen molar-refractivity contribution < 1.29 is 23.0 Å². The standard InChI is InChI=1S/C17H17F2NO3/c1-9(2)22-17(21)14-8-16(10(3)4-15(14)20)23-13-6-11(18)5-12(19)7-13/h4-9H,20H2,1-3H3. The second-order valence-electron chi connectivity index (χ2n) is 5.37. The molecule has 0 amide bonds. The number of nitrogens with two attached hydrogens (primary N) is 1. The van der Waals surface area contributed by atoms with Gasteiger partial charge in [-0.1, -0.05) is 0 Å². The zero-order chi connectivity index (χ0) is 17.1. The molecule has 0 unspecified atom stereocenters. The van der Waals surface area contributed by atoms with E-state index in [0.717, 1.165) is 18.2 Å². The number of carbonyl (C=O) groups is 1. The Kier molecular flexibility index (Phi) is 4.83. The molecule has 0 aliphatic carbocycles.